The second-order valence-corrected chi connectivity index (χ2v) is 3.58. The van der Waals surface area contributed by atoms with Crippen molar-refractivity contribution in [2.45, 2.75) is 13.0 Å². The molecule has 0 radical (unpaired) electrons. The van der Waals surface area contributed by atoms with Crippen LogP contribution >= 0.6 is 0 Å². The predicted octanol–water partition coefficient (Wildman–Crippen LogP) is 1.01. The first kappa shape index (κ1) is 12.8. The molecular weight excluding hydrogens is 224 g/mol. The molecule has 1 aromatic rings. The molecule has 17 heavy (non-hydrogen) atoms. The molecular formula is C11H14N2O4. The molecule has 0 aliphatic carbocycles. The van der Waals surface area contributed by atoms with Gasteiger partial charge in [-0.3, -0.25) is 9.69 Å². The predicted molar refractivity (Wildman–Crippen MR) is 62.1 cm³/mol. The summed E-state index contributed by atoms with van der Waals surface area (Å²) in [6, 6.07) is 4.52. The van der Waals surface area contributed by atoms with E-state index in [2.05, 4.69) is 5.32 Å². The molecule has 0 bridgehead atoms. The zero-order valence-corrected chi connectivity index (χ0v) is 9.54. The number of carboxylic acids is 1. The highest BCUT2D eigenvalue weighted by Crippen LogP contribution is 2.17. The highest BCUT2D eigenvalue weighted by molar-refractivity contribution is 5.93. The number of aromatic hydroxyl groups is 1. The van der Waals surface area contributed by atoms with Gasteiger partial charge >= 0.3 is 12.0 Å². The van der Waals surface area contributed by atoms with Crippen molar-refractivity contribution in [2.24, 2.45) is 0 Å². The van der Waals surface area contributed by atoms with Crippen molar-refractivity contribution < 1.29 is 19.8 Å². The average Bonchev–Trinajstić information content (AvgIpc) is 2.28. The number of carbonyl (C=O) groups is 2. The number of anilines is 1. The largest absolute Gasteiger partial charge is 0.508 e. The molecule has 0 unspecified atom stereocenters. The van der Waals surface area contributed by atoms with Gasteiger partial charge in [0.1, 0.15) is 11.8 Å². The summed E-state index contributed by atoms with van der Waals surface area (Å²) in [5, 5.41) is 20.1. The number of hydrogen-bond acceptors (Lipinski definition) is 3. The van der Waals surface area contributed by atoms with E-state index in [0.29, 0.717) is 5.69 Å². The summed E-state index contributed by atoms with van der Waals surface area (Å²) in [4.78, 5) is 23.5. The summed E-state index contributed by atoms with van der Waals surface area (Å²) in [5.74, 6) is -1.00. The molecule has 0 fully saturated rings. The Kier molecular flexibility index (Phi) is 3.92. The first-order valence-corrected chi connectivity index (χ1v) is 4.98. The van der Waals surface area contributed by atoms with Crippen molar-refractivity contribution in [3.8, 4) is 5.75 Å². The van der Waals surface area contributed by atoms with E-state index in [1.165, 1.54) is 31.0 Å². The lowest BCUT2D eigenvalue weighted by Gasteiger charge is -2.19. The van der Waals surface area contributed by atoms with Crippen LogP contribution in [0.2, 0.25) is 0 Å². The Morgan fingerprint density at radius 3 is 2.29 bits per heavy atom. The van der Waals surface area contributed by atoms with Crippen LogP contribution in [-0.2, 0) is 4.79 Å². The number of amides is 2. The number of rotatable bonds is 3. The highest BCUT2D eigenvalue weighted by Gasteiger charge is 2.17. The fourth-order valence-corrected chi connectivity index (χ4v) is 1.14. The van der Waals surface area contributed by atoms with Crippen LogP contribution in [-0.4, -0.2) is 35.3 Å². The maximum atomic E-state index is 11.6. The maximum absolute atomic E-state index is 11.6. The Balaban J connectivity index is 2.70. The first-order chi connectivity index (χ1) is 7.91. The van der Waals surface area contributed by atoms with Gasteiger partial charge in [0.15, 0.2) is 0 Å². The first-order valence-electron chi connectivity index (χ1n) is 4.98. The number of urea groups is 1. The molecule has 0 aliphatic rings. The molecule has 0 saturated heterocycles. The summed E-state index contributed by atoms with van der Waals surface area (Å²) < 4.78 is 0. The number of phenolic OH excluding ortho intramolecular Hbond substituents is 1. The van der Waals surface area contributed by atoms with Gasteiger partial charge in [-0.1, -0.05) is 0 Å². The number of carboxylic acid groups (broad SMARTS) is 1. The molecule has 1 atom stereocenters. The van der Waals surface area contributed by atoms with Gasteiger partial charge in [0.2, 0.25) is 0 Å². The lowest BCUT2D eigenvalue weighted by Crippen LogP contribution is -2.45. The molecule has 0 aromatic heterocycles. The minimum Gasteiger partial charge on any atom is -0.508 e. The molecule has 92 valence electrons. The average molecular weight is 238 g/mol. The van der Waals surface area contributed by atoms with Gasteiger partial charge < -0.3 is 15.5 Å². The van der Waals surface area contributed by atoms with Gasteiger partial charge in [0.05, 0.1) is 0 Å². The van der Waals surface area contributed by atoms with E-state index in [9.17, 15) is 9.59 Å². The van der Waals surface area contributed by atoms with Crippen LogP contribution in [0.3, 0.4) is 0 Å². The minimum atomic E-state index is -1.10. The van der Waals surface area contributed by atoms with Gasteiger partial charge in [0.25, 0.3) is 0 Å². The fourth-order valence-electron chi connectivity index (χ4n) is 1.14. The van der Waals surface area contributed by atoms with Gasteiger partial charge in [-0.25, -0.2) is 4.79 Å². The van der Waals surface area contributed by atoms with Crippen LogP contribution in [0.15, 0.2) is 24.3 Å². The Morgan fingerprint density at radius 2 is 1.82 bits per heavy atom. The van der Waals surface area contributed by atoms with Crippen molar-refractivity contribution in [1.82, 2.24) is 5.32 Å². The van der Waals surface area contributed by atoms with Crippen LogP contribution in [0.4, 0.5) is 10.5 Å². The minimum absolute atomic E-state index is 0.0986. The summed E-state index contributed by atoms with van der Waals surface area (Å²) in [6.45, 7) is 1.38. The van der Waals surface area contributed by atoms with Crippen LogP contribution in [0, 0.1) is 0 Å². The molecule has 1 rings (SSSR count). The van der Waals surface area contributed by atoms with Crippen molar-refractivity contribution in [3.63, 3.8) is 0 Å². The number of phenols is 1. The Labute approximate surface area is 98.5 Å². The molecule has 0 heterocycles. The molecule has 1 aromatic carbocycles. The van der Waals surface area contributed by atoms with Crippen LogP contribution in [0.25, 0.3) is 0 Å². The van der Waals surface area contributed by atoms with Crippen LogP contribution in [0.1, 0.15) is 6.92 Å². The lowest BCUT2D eigenvalue weighted by molar-refractivity contribution is -0.138. The van der Waals surface area contributed by atoms with Crippen molar-refractivity contribution >= 4 is 17.7 Å². The molecule has 0 spiro atoms. The monoisotopic (exact) mass is 238 g/mol. The van der Waals surface area contributed by atoms with Crippen molar-refractivity contribution in [2.75, 3.05) is 11.9 Å². The zero-order valence-electron chi connectivity index (χ0n) is 9.54. The highest BCUT2D eigenvalue weighted by atomic mass is 16.4. The van der Waals surface area contributed by atoms with Crippen molar-refractivity contribution in [1.29, 1.82) is 0 Å². The lowest BCUT2D eigenvalue weighted by atomic mass is 10.3. The summed E-state index contributed by atoms with van der Waals surface area (Å²) in [5.41, 5.74) is 0.554. The van der Waals surface area contributed by atoms with E-state index in [1.807, 2.05) is 0 Å². The van der Waals surface area contributed by atoms with Gasteiger partial charge in [0, 0.05) is 12.7 Å². The molecule has 0 aliphatic heterocycles. The second kappa shape index (κ2) is 5.20. The summed E-state index contributed by atoms with van der Waals surface area (Å²) in [7, 11) is 1.51. The number of nitrogens with one attached hydrogen (secondary N) is 1. The third-order valence-corrected chi connectivity index (χ3v) is 2.25. The zero-order chi connectivity index (χ0) is 13.0. The quantitative estimate of drug-likeness (QED) is 0.733. The van der Waals surface area contributed by atoms with E-state index < -0.39 is 18.0 Å². The van der Waals surface area contributed by atoms with E-state index in [4.69, 9.17) is 10.2 Å². The smallest absolute Gasteiger partial charge is 0.325 e. The topological polar surface area (TPSA) is 89.9 Å². The Bertz CT molecular complexity index is 416. The Hall–Kier alpha value is -2.24. The second-order valence-electron chi connectivity index (χ2n) is 3.58. The van der Waals surface area contributed by atoms with E-state index >= 15 is 0 Å². The number of aliphatic carboxylic acids is 1. The third-order valence-electron chi connectivity index (χ3n) is 2.25. The van der Waals surface area contributed by atoms with Gasteiger partial charge in [-0.15, -0.1) is 0 Å². The van der Waals surface area contributed by atoms with Gasteiger partial charge in [-0.2, -0.15) is 0 Å². The molecule has 0 saturated carbocycles. The number of carbonyl (C=O) groups excluding carboxylic acids is 1. The Morgan fingerprint density at radius 1 is 1.29 bits per heavy atom. The molecule has 3 N–H and O–H groups in total. The maximum Gasteiger partial charge on any atom is 0.325 e. The summed E-state index contributed by atoms with van der Waals surface area (Å²) in [6.07, 6.45) is 0. The van der Waals surface area contributed by atoms with E-state index in [-0.39, 0.29) is 5.75 Å². The molecule has 6 heteroatoms. The van der Waals surface area contributed by atoms with Crippen LogP contribution < -0.4 is 10.2 Å². The van der Waals surface area contributed by atoms with Crippen LogP contribution in [0.5, 0.6) is 5.75 Å². The third kappa shape index (κ3) is 3.37. The fraction of sp³-hybridized carbons (Fsp3) is 0.273. The SMILES string of the molecule is C[C@H](NC(=O)N(C)c1ccc(O)cc1)C(=O)O. The van der Waals surface area contributed by atoms with Gasteiger partial charge in [-0.05, 0) is 31.2 Å². The standard InChI is InChI=1S/C11H14N2O4/c1-7(10(15)16)12-11(17)13(2)8-3-5-9(14)6-4-8/h3-7,14H,1-2H3,(H,12,17)(H,15,16)/t7-/m0/s1. The van der Waals surface area contributed by atoms with Crippen molar-refractivity contribution in [3.05, 3.63) is 24.3 Å². The normalized spacial score (nSPS) is 11.6. The molecule has 6 nitrogen and oxygen atoms in total. The molecule has 2 amide bonds. The van der Waals surface area contributed by atoms with E-state index in [1.54, 1.807) is 12.1 Å². The number of nitrogens with zero attached hydrogens (tertiary/aromatic N) is 1. The van der Waals surface area contributed by atoms with E-state index in [0.717, 1.165) is 0 Å². The number of benzene rings is 1. The number of hydrogen-bond donors (Lipinski definition) is 3. The summed E-state index contributed by atoms with van der Waals surface area (Å²) >= 11 is 0.